The minimum absolute atomic E-state index is 0.0195. The number of halogens is 1. The Hall–Kier alpha value is -3.43. The average Bonchev–Trinajstić information content (AvgIpc) is 2.98. The molecule has 9 nitrogen and oxygen atoms in total. The molecule has 1 amide bonds. The Morgan fingerprint density at radius 3 is 2.55 bits per heavy atom. The van der Waals surface area contributed by atoms with Crippen LogP contribution in [0.3, 0.4) is 0 Å². The topological polar surface area (TPSA) is 124 Å². The van der Waals surface area contributed by atoms with Gasteiger partial charge in [-0.3, -0.25) is 19.7 Å². The van der Waals surface area contributed by atoms with E-state index in [9.17, 15) is 29.9 Å². The predicted molar refractivity (Wildman–Crippen MR) is 114 cm³/mol. The van der Waals surface area contributed by atoms with Gasteiger partial charge < -0.3 is 20.0 Å². The van der Waals surface area contributed by atoms with Crippen LogP contribution in [-0.4, -0.2) is 63.8 Å². The number of likely N-dealkylation sites (tertiary alicyclic amines) is 1. The Morgan fingerprint density at radius 2 is 1.94 bits per heavy atom. The first-order chi connectivity index (χ1) is 14.6. The number of hydrogen-bond acceptors (Lipinski definition) is 7. The van der Waals surface area contributed by atoms with Crippen molar-refractivity contribution in [1.82, 2.24) is 9.80 Å². The average molecular weight is 446 g/mol. The van der Waals surface area contributed by atoms with Crippen LogP contribution in [0.5, 0.6) is 5.75 Å². The lowest BCUT2D eigenvalue weighted by Gasteiger charge is -2.26. The normalized spacial score (nSPS) is 18.1. The second-order valence-corrected chi connectivity index (χ2v) is 7.72. The van der Waals surface area contributed by atoms with Crippen molar-refractivity contribution in [2.24, 2.45) is 0 Å². The van der Waals surface area contributed by atoms with Gasteiger partial charge in [0.15, 0.2) is 0 Å². The summed E-state index contributed by atoms with van der Waals surface area (Å²) in [5, 5.41) is 31.8. The zero-order chi connectivity index (χ0) is 22.9. The molecule has 1 heterocycles. The van der Waals surface area contributed by atoms with Gasteiger partial charge in [-0.25, -0.2) is 0 Å². The highest BCUT2D eigenvalue weighted by atomic mass is 35.5. The second-order valence-electron chi connectivity index (χ2n) is 7.31. The van der Waals surface area contributed by atoms with Crippen molar-refractivity contribution >= 4 is 34.7 Å². The minimum atomic E-state index is -0.975. The summed E-state index contributed by atoms with van der Waals surface area (Å²) in [6.45, 7) is 0.638. The highest BCUT2D eigenvalue weighted by molar-refractivity contribution is 6.46. The number of hydrogen-bond donors (Lipinski definition) is 2. The number of likely N-dealkylation sites (N-methyl/N-ethyl adjacent to an activating group) is 1. The molecule has 1 atom stereocenters. The summed E-state index contributed by atoms with van der Waals surface area (Å²) in [7, 11) is 3.62. The molecule has 1 aliphatic heterocycles. The maximum absolute atomic E-state index is 12.9. The molecule has 0 radical (unpaired) electrons. The van der Waals surface area contributed by atoms with Crippen molar-refractivity contribution in [3.8, 4) is 5.75 Å². The number of nitro benzene ring substituents is 1. The Labute approximate surface area is 182 Å². The maximum Gasteiger partial charge on any atom is 0.295 e. The van der Waals surface area contributed by atoms with E-state index in [-0.39, 0.29) is 34.1 Å². The summed E-state index contributed by atoms with van der Waals surface area (Å²) < 4.78 is 0. The zero-order valence-corrected chi connectivity index (χ0v) is 17.5. The van der Waals surface area contributed by atoms with Gasteiger partial charge in [-0.2, -0.15) is 0 Å². The number of nitrogens with zero attached hydrogens (tertiary/aromatic N) is 3. The number of ketones is 1. The Kier molecular flexibility index (Phi) is 6.28. The van der Waals surface area contributed by atoms with E-state index in [0.29, 0.717) is 12.1 Å². The largest absolute Gasteiger partial charge is 0.507 e. The first-order valence-electron chi connectivity index (χ1n) is 9.28. The van der Waals surface area contributed by atoms with E-state index in [2.05, 4.69) is 0 Å². The number of non-ortho nitro benzene ring substituents is 1. The van der Waals surface area contributed by atoms with Crippen LogP contribution in [0, 0.1) is 10.1 Å². The summed E-state index contributed by atoms with van der Waals surface area (Å²) in [6, 6.07) is 8.44. The van der Waals surface area contributed by atoms with Crippen LogP contribution in [0.25, 0.3) is 5.76 Å². The number of aliphatic hydroxyl groups excluding tert-OH is 1. The van der Waals surface area contributed by atoms with E-state index in [1.807, 2.05) is 19.0 Å². The molecule has 10 heteroatoms. The van der Waals surface area contributed by atoms with Gasteiger partial charge in [-0.05, 0) is 31.8 Å². The number of carbonyl (C=O) groups excluding carboxylic acids is 2. The predicted octanol–water partition coefficient (Wildman–Crippen LogP) is 2.94. The number of aromatic hydroxyl groups is 1. The van der Waals surface area contributed by atoms with Crippen LogP contribution in [0.1, 0.15) is 17.2 Å². The lowest BCUT2D eigenvalue weighted by Crippen LogP contribution is -2.35. The monoisotopic (exact) mass is 445 g/mol. The minimum Gasteiger partial charge on any atom is -0.507 e. The van der Waals surface area contributed by atoms with Gasteiger partial charge >= 0.3 is 0 Å². The molecule has 3 rings (SSSR count). The fraction of sp³-hybridized carbons (Fsp3) is 0.238. The molecular formula is C21H20ClN3O6. The maximum atomic E-state index is 12.9. The smallest absolute Gasteiger partial charge is 0.295 e. The molecule has 162 valence electrons. The first kappa shape index (κ1) is 22.3. The molecule has 0 aliphatic carbocycles. The highest BCUT2D eigenvalue weighted by Gasteiger charge is 2.46. The van der Waals surface area contributed by atoms with E-state index < -0.39 is 28.4 Å². The molecule has 0 aromatic heterocycles. The molecule has 2 aromatic rings. The second kappa shape index (κ2) is 8.75. The quantitative estimate of drug-likeness (QED) is 0.230. The van der Waals surface area contributed by atoms with E-state index in [1.54, 1.807) is 0 Å². The summed E-state index contributed by atoms with van der Waals surface area (Å²) in [5.41, 5.74) is -0.0245. The van der Waals surface area contributed by atoms with Crippen LogP contribution in [0.2, 0.25) is 5.02 Å². The van der Waals surface area contributed by atoms with E-state index in [4.69, 9.17) is 11.6 Å². The number of benzene rings is 2. The highest BCUT2D eigenvalue weighted by Crippen LogP contribution is 2.41. The van der Waals surface area contributed by atoms with Crippen LogP contribution in [0.4, 0.5) is 5.69 Å². The number of carbonyl (C=O) groups is 2. The van der Waals surface area contributed by atoms with E-state index in [0.717, 1.165) is 6.07 Å². The number of amides is 1. The van der Waals surface area contributed by atoms with Gasteiger partial charge in [0.2, 0.25) is 0 Å². The fourth-order valence-electron chi connectivity index (χ4n) is 3.38. The first-order valence-corrected chi connectivity index (χ1v) is 9.66. The lowest BCUT2D eigenvalue weighted by atomic mass is 9.95. The molecule has 1 unspecified atom stereocenters. The molecule has 0 bridgehead atoms. The van der Waals surface area contributed by atoms with Crippen LogP contribution < -0.4 is 0 Å². The Balaban J connectivity index is 2.19. The number of aliphatic hydroxyl groups is 1. The number of nitro groups is 1. The molecule has 0 saturated carbocycles. The van der Waals surface area contributed by atoms with Gasteiger partial charge in [0.25, 0.3) is 17.4 Å². The standard InChI is InChI=1S/C21H20ClN3O6/c1-23(2)8-9-24-18(12-6-7-16(26)15(22)11-12)17(20(28)21(24)29)19(27)13-4-3-5-14(10-13)25(30)31/h3-7,10-11,18,26-27H,8-9H2,1-2H3/b19-17-. The summed E-state index contributed by atoms with van der Waals surface area (Å²) in [4.78, 5) is 39.3. The van der Waals surface area contributed by atoms with Gasteiger partial charge in [-0.15, -0.1) is 0 Å². The van der Waals surface area contributed by atoms with E-state index >= 15 is 0 Å². The summed E-state index contributed by atoms with van der Waals surface area (Å²) in [6.07, 6.45) is 0. The molecule has 2 aromatic carbocycles. The number of rotatable bonds is 6. The van der Waals surface area contributed by atoms with Crippen molar-refractivity contribution in [2.45, 2.75) is 6.04 Å². The van der Waals surface area contributed by atoms with Crippen molar-refractivity contribution in [1.29, 1.82) is 0 Å². The van der Waals surface area contributed by atoms with Crippen LogP contribution in [0.15, 0.2) is 48.0 Å². The van der Waals surface area contributed by atoms with Crippen LogP contribution >= 0.6 is 11.6 Å². The van der Waals surface area contributed by atoms with Gasteiger partial charge in [0, 0.05) is 30.8 Å². The molecule has 31 heavy (non-hydrogen) atoms. The third kappa shape index (κ3) is 4.37. The number of phenolic OH excluding ortho intramolecular Hbond substituents is 1. The van der Waals surface area contributed by atoms with Gasteiger partial charge in [0.1, 0.15) is 11.5 Å². The molecule has 1 saturated heterocycles. The van der Waals surface area contributed by atoms with Crippen molar-refractivity contribution in [3.05, 3.63) is 74.3 Å². The van der Waals surface area contributed by atoms with E-state index in [1.165, 1.54) is 41.3 Å². The number of phenols is 1. The Morgan fingerprint density at radius 1 is 1.23 bits per heavy atom. The van der Waals surface area contributed by atoms with Crippen molar-refractivity contribution < 1.29 is 24.7 Å². The third-order valence-electron chi connectivity index (χ3n) is 4.95. The van der Waals surface area contributed by atoms with Crippen molar-refractivity contribution in [3.63, 3.8) is 0 Å². The summed E-state index contributed by atoms with van der Waals surface area (Å²) >= 11 is 6.04. The molecule has 1 aliphatic rings. The third-order valence-corrected chi connectivity index (χ3v) is 5.25. The fourth-order valence-corrected chi connectivity index (χ4v) is 3.57. The number of Topliss-reactive ketones (excluding diaryl/α,β-unsaturated/α-hetero) is 1. The SMILES string of the molecule is CN(C)CCN1C(=O)C(=O)/C(=C(\O)c2cccc([N+](=O)[O-])c2)C1c1ccc(O)c(Cl)c1. The Bertz CT molecular complexity index is 1100. The van der Waals surface area contributed by atoms with Crippen LogP contribution in [-0.2, 0) is 9.59 Å². The molecular weight excluding hydrogens is 426 g/mol. The molecule has 0 spiro atoms. The summed E-state index contributed by atoms with van der Waals surface area (Å²) in [5.74, 6) is -2.40. The lowest BCUT2D eigenvalue weighted by molar-refractivity contribution is -0.384. The van der Waals surface area contributed by atoms with Crippen molar-refractivity contribution in [2.75, 3.05) is 27.2 Å². The van der Waals surface area contributed by atoms with Gasteiger partial charge in [-0.1, -0.05) is 29.8 Å². The van der Waals surface area contributed by atoms with Gasteiger partial charge in [0.05, 0.1) is 21.6 Å². The zero-order valence-electron chi connectivity index (χ0n) is 16.8. The molecule has 1 fully saturated rings. The molecule has 2 N–H and O–H groups in total.